The first kappa shape index (κ1) is 17.2. The molecule has 1 aromatic heterocycles. The highest BCUT2D eigenvalue weighted by Gasteiger charge is 2.33. The molecule has 1 aliphatic heterocycles. The molecule has 0 amide bonds. The quantitative estimate of drug-likeness (QED) is 0.740. The molecule has 2 rings (SSSR count). The monoisotopic (exact) mass is 350 g/mol. The first-order chi connectivity index (χ1) is 9.95. The molecular weight excluding hydrogens is 328 g/mol. The Balaban J connectivity index is 2.03. The molecule has 1 fully saturated rings. The van der Waals surface area contributed by atoms with Gasteiger partial charge in [0, 0.05) is 36.9 Å². The third-order valence-corrected chi connectivity index (χ3v) is 7.49. The standard InChI is InChI=1S/C14H23ClN2O2S2/c1-12(9-14-6-4-8-20-14)16(2)21(18,19)17-7-3-5-13(10-15)11-17/h4,6,8,12-13H,3,5,7,9-11H2,1-2H3. The van der Waals surface area contributed by atoms with Gasteiger partial charge in [-0.1, -0.05) is 6.07 Å². The largest absolute Gasteiger partial charge is 0.281 e. The number of likely N-dealkylation sites (N-methyl/N-ethyl adjacent to an activating group) is 1. The van der Waals surface area contributed by atoms with Crippen LogP contribution in [0.1, 0.15) is 24.6 Å². The summed E-state index contributed by atoms with van der Waals surface area (Å²) in [5, 5.41) is 2.02. The lowest BCUT2D eigenvalue weighted by Gasteiger charge is -2.35. The molecule has 0 saturated carbocycles. The third-order valence-electron chi connectivity index (χ3n) is 4.09. The Morgan fingerprint density at radius 2 is 2.33 bits per heavy atom. The summed E-state index contributed by atoms with van der Waals surface area (Å²) in [6.07, 6.45) is 2.66. The SMILES string of the molecule is CC(Cc1cccs1)N(C)S(=O)(=O)N1CCCC(CCl)C1. The van der Waals surface area contributed by atoms with Crippen molar-refractivity contribution in [1.29, 1.82) is 0 Å². The zero-order chi connectivity index (χ0) is 15.5. The normalized spacial score (nSPS) is 22.6. The van der Waals surface area contributed by atoms with Crippen molar-refractivity contribution in [3.8, 4) is 0 Å². The lowest BCUT2D eigenvalue weighted by Crippen LogP contribution is -2.49. The van der Waals surface area contributed by atoms with Gasteiger partial charge in [0.2, 0.25) is 0 Å². The van der Waals surface area contributed by atoms with E-state index >= 15 is 0 Å². The molecule has 2 heterocycles. The van der Waals surface area contributed by atoms with E-state index < -0.39 is 10.2 Å². The second-order valence-electron chi connectivity index (χ2n) is 5.68. The highest BCUT2D eigenvalue weighted by Crippen LogP contribution is 2.23. The third kappa shape index (κ3) is 4.20. The molecule has 120 valence electrons. The molecule has 0 radical (unpaired) electrons. The maximum atomic E-state index is 12.7. The summed E-state index contributed by atoms with van der Waals surface area (Å²) in [6.45, 7) is 3.11. The molecule has 0 bridgehead atoms. The van der Waals surface area contributed by atoms with E-state index in [2.05, 4.69) is 0 Å². The second kappa shape index (κ2) is 7.42. The number of hydrogen-bond donors (Lipinski definition) is 0. The van der Waals surface area contributed by atoms with Crippen LogP contribution in [0.15, 0.2) is 17.5 Å². The van der Waals surface area contributed by atoms with E-state index in [9.17, 15) is 8.42 Å². The van der Waals surface area contributed by atoms with E-state index in [1.807, 2.05) is 24.4 Å². The van der Waals surface area contributed by atoms with E-state index in [0.29, 0.717) is 19.0 Å². The highest BCUT2D eigenvalue weighted by atomic mass is 35.5. The van der Waals surface area contributed by atoms with Gasteiger partial charge in [-0.3, -0.25) is 0 Å². The van der Waals surface area contributed by atoms with Crippen molar-refractivity contribution in [1.82, 2.24) is 8.61 Å². The van der Waals surface area contributed by atoms with Crippen molar-refractivity contribution in [2.75, 3.05) is 26.0 Å². The van der Waals surface area contributed by atoms with Crippen molar-refractivity contribution in [2.24, 2.45) is 5.92 Å². The average Bonchev–Trinajstić information content (AvgIpc) is 2.99. The Hall–Kier alpha value is -0.140. The molecule has 7 heteroatoms. The molecule has 21 heavy (non-hydrogen) atoms. The van der Waals surface area contributed by atoms with Gasteiger partial charge in [0.25, 0.3) is 10.2 Å². The van der Waals surface area contributed by atoms with Crippen molar-refractivity contribution in [2.45, 2.75) is 32.2 Å². The summed E-state index contributed by atoms with van der Waals surface area (Å²) in [4.78, 5) is 1.21. The van der Waals surface area contributed by atoms with Crippen molar-refractivity contribution in [3.63, 3.8) is 0 Å². The maximum Gasteiger partial charge on any atom is 0.281 e. The van der Waals surface area contributed by atoms with Gasteiger partial charge in [-0.15, -0.1) is 22.9 Å². The molecule has 4 nitrogen and oxygen atoms in total. The molecule has 0 aliphatic carbocycles. The number of hydrogen-bond acceptors (Lipinski definition) is 3. The molecule has 2 atom stereocenters. The molecule has 0 spiro atoms. The number of rotatable bonds is 6. The van der Waals surface area contributed by atoms with Crippen LogP contribution in [0.2, 0.25) is 0 Å². The minimum absolute atomic E-state index is 0.0509. The van der Waals surface area contributed by atoms with Crippen molar-refractivity contribution in [3.05, 3.63) is 22.4 Å². The van der Waals surface area contributed by atoms with Crippen LogP contribution < -0.4 is 0 Å². The van der Waals surface area contributed by atoms with Gasteiger partial charge in [-0.2, -0.15) is 17.0 Å². The summed E-state index contributed by atoms with van der Waals surface area (Å²) < 4.78 is 28.6. The number of thiophene rings is 1. The molecule has 1 aliphatic rings. The fourth-order valence-corrected chi connectivity index (χ4v) is 5.35. The zero-order valence-corrected chi connectivity index (χ0v) is 14.9. The van der Waals surface area contributed by atoms with Crippen LogP contribution in [0.3, 0.4) is 0 Å². The summed E-state index contributed by atoms with van der Waals surface area (Å²) >= 11 is 7.57. The molecule has 0 aromatic carbocycles. The smallest absolute Gasteiger partial charge is 0.195 e. The van der Waals surface area contributed by atoms with Crippen molar-refractivity contribution >= 4 is 33.1 Å². The minimum atomic E-state index is -3.39. The number of alkyl halides is 1. The Kier molecular flexibility index (Phi) is 6.08. The van der Waals surface area contributed by atoms with Gasteiger partial charge in [0.15, 0.2) is 0 Å². The fourth-order valence-electron chi connectivity index (χ4n) is 2.62. The summed E-state index contributed by atoms with van der Waals surface area (Å²) in [5.41, 5.74) is 0. The van der Waals surface area contributed by atoms with E-state index in [1.54, 1.807) is 22.7 Å². The Labute approximate surface area is 136 Å². The average molecular weight is 351 g/mol. The fraction of sp³-hybridized carbons (Fsp3) is 0.714. The van der Waals surface area contributed by atoms with Gasteiger partial charge >= 0.3 is 0 Å². The number of halogens is 1. The van der Waals surface area contributed by atoms with Crippen LogP contribution in [0.5, 0.6) is 0 Å². The summed E-state index contributed by atoms with van der Waals surface area (Å²) in [7, 11) is -1.72. The van der Waals surface area contributed by atoms with E-state index in [4.69, 9.17) is 11.6 Å². The number of piperidine rings is 1. The summed E-state index contributed by atoms with van der Waals surface area (Å²) in [6, 6.07) is 3.99. The van der Waals surface area contributed by atoms with Gasteiger partial charge in [0.1, 0.15) is 0 Å². The van der Waals surface area contributed by atoms with E-state index in [1.165, 1.54) is 9.18 Å². The first-order valence-corrected chi connectivity index (χ1v) is 10.1. The van der Waals surface area contributed by atoms with E-state index in [-0.39, 0.29) is 12.0 Å². The predicted octanol–water partition coefficient (Wildman–Crippen LogP) is 2.81. The van der Waals surface area contributed by atoms with Gasteiger partial charge < -0.3 is 0 Å². The first-order valence-electron chi connectivity index (χ1n) is 7.26. The maximum absolute atomic E-state index is 12.7. The summed E-state index contributed by atoms with van der Waals surface area (Å²) in [5.74, 6) is 0.803. The number of nitrogens with zero attached hydrogens (tertiary/aromatic N) is 2. The van der Waals surface area contributed by atoms with Gasteiger partial charge in [0.05, 0.1) is 0 Å². The molecule has 2 unspecified atom stereocenters. The zero-order valence-electron chi connectivity index (χ0n) is 12.5. The molecular formula is C14H23ClN2O2S2. The van der Waals surface area contributed by atoms with Gasteiger partial charge in [-0.05, 0) is 43.6 Å². The molecule has 1 aromatic rings. The van der Waals surface area contributed by atoms with Crippen molar-refractivity contribution < 1.29 is 8.42 Å². The van der Waals surface area contributed by atoms with Crippen LogP contribution in [0.4, 0.5) is 0 Å². The topological polar surface area (TPSA) is 40.6 Å². The Morgan fingerprint density at radius 1 is 1.57 bits per heavy atom. The predicted molar refractivity (Wildman–Crippen MR) is 89.2 cm³/mol. The van der Waals surface area contributed by atoms with Gasteiger partial charge in [-0.25, -0.2) is 0 Å². The van der Waals surface area contributed by atoms with E-state index in [0.717, 1.165) is 19.3 Å². The Morgan fingerprint density at radius 3 is 2.95 bits per heavy atom. The van der Waals surface area contributed by atoms with Crippen LogP contribution in [0.25, 0.3) is 0 Å². The lowest BCUT2D eigenvalue weighted by molar-refractivity contribution is 0.256. The van der Waals surface area contributed by atoms with Crippen LogP contribution >= 0.6 is 22.9 Å². The molecule has 1 saturated heterocycles. The second-order valence-corrected chi connectivity index (χ2v) is 9.01. The molecule has 0 N–H and O–H groups in total. The Bertz CT molecular complexity index is 533. The minimum Gasteiger partial charge on any atom is -0.195 e. The van der Waals surface area contributed by atoms with Crippen LogP contribution in [0, 0.1) is 5.92 Å². The van der Waals surface area contributed by atoms with Crippen LogP contribution in [-0.2, 0) is 16.6 Å². The lowest BCUT2D eigenvalue weighted by atomic mass is 10.0. The van der Waals surface area contributed by atoms with Crippen LogP contribution in [-0.4, -0.2) is 49.1 Å². The highest BCUT2D eigenvalue weighted by molar-refractivity contribution is 7.86.